The van der Waals surface area contributed by atoms with Crippen molar-refractivity contribution in [1.29, 1.82) is 0 Å². The average molecular weight is 324 g/mol. The van der Waals surface area contributed by atoms with Crippen molar-refractivity contribution >= 4 is 27.7 Å². The Morgan fingerprint density at radius 2 is 1.74 bits per heavy atom. The molecule has 0 bridgehead atoms. The van der Waals surface area contributed by atoms with Crippen molar-refractivity contribution < 1.29 is 9.59 Å². The molecule has 0 saturated heterocycles. The van der Waals surface area contributed by atoms with Crippen molar-refractivity contribution in [3.63, 3.8) is 0 Å². The second-order valence-corrected chi connectivity index (χ2v) is 5.97. The molecule has 19 heavy (non-hydrogen) atoms. The van der Waals surface area contributed by atoms with Gasteiger partial charge in [-0.2, -0.15) is 0 Å². The normalized spacial score (nSPS) is 17.7. The van der Waals surface area contributed by atoms with Crippen molar-refractivity contribution in [1.82, 2.24) is 5.32 Å². The number of rotatable bonds is 3. The van der Waals surface area contributed by atoms with Crippen molar-refractivity contribution in [3.8, 4) is 0 Å². The summed E-state index contributed by atoms with van der Waals surface area (Å²) in [6, 6.07) is 8.81. The molecule has 1 saturated carbocycles. The smallest absolute Gasteiger partial charge is 0.257 e. The zero-order valence-corrected chi connectivity index (χ0v) is 12.4. The van der Waals surface area contributed by atoms with Crippen LogP contribution in [0, 0.1) is 5.92 Å². The van der Waals surface area contributed by atoms with Crippen LogP contribution in [0.5, 0.6) is 0 Å². The van der Waals surface area contributed by atoms with E-state index in [2.05, 4.69) is 21.2 Å². The maximum Gasteiger partial charge on any atom is 0.257 e. The Morgan fingerprint density at radius 3 is 2.37 bits per heavy atom. The molecule has 1 aliphatic rings. The predicted octanol–water partition coefficient (Wildman–Crippen LogP) is 3.29. The largest absolute Gasteiger partial charge is 0.291 e. The second-order valence-electron chi connectivity index (χ2n) is 4.98. The summed E-state index contributed by atoms with van der Waals surface area (Å²) in [5, 5.41) is 2.47. The van der Waals surface area contributed by atoms with Crippen LogP contribution < -0.4 is 5.32 Å². The summed E-state index contributed by atoms with van der Waals surface area (Å²) in [4.78, 5) is 23.7. The summed E-state index contributed by atoms with van der Waals surface area (Å²) in [5.74, 6) is -0.205. The van der Waals surface area contributed by atoms with Crippen molar-refractivity contribution in [3.05, 3.63) is 35.9 Å². The molecule has 1 aromatic rings. The zero-order valence-electron chi connectivity index (χ0n) is 10.8. The number of hydrogen-bond donors (Lipinski definition) is 1. The van der Waals surface area contributed by atoms with Gasteiger partial charge in [0.2, 0.25) is 5.91 Å². The van der Waals surface area contributed by atoms with E-state index in [1.165, 1.54) is 19.3 Å². The van der Waals surface area contributed by atoms with E-state index in [1.807, 2.05) is 6.07 Å². The van der Waals surface area contributed by atoms with Gasteiger partial charge in [-0.3, -0.25) is 14.9 Å². The molecule has 4 heteroatoms. The Bertz CT molecular complexity index is 441. The van der Waals surface area contributed by atoms with E-state index in [1.54, 1.807) is 24.3 Å². The van der Waals surface area contributed by atoms with Gasteiger partial charge >= 0.3 is 0 Å². The van der Waals surface area contributed by atoms with Gasteiger partial charge in [-0.1, -0.05) is 53.4 Å². The Morgan fingerprint density at radius 1 is 1.11 bits per heavy atom. The Balaban J connectivity index is 1.91. The molecule has 0 heterocycles. The third-order valence-electron chi connectivity index (χ3n) is 3.59. The number of amides is 2. The third kappa shape index (κ3) is 3.90. The van der Waals surface area contributed by atoms with Crippen molar-refractivity contribution in [2.75, 3.05) is 0 Å². The molecular formula is C15H18BrNO2. The lowest BCUT2D eigenvalue weighted by Crippen LogP contribution is -2.39. The lowest BCUT2D eigenvalue weighted by Gasteiger charge is -2.25. The summed E-state index contributed by atoms with van der Waals surface area (Å²) in [5.41, 5.74) is 0.513. The molecule has 1 fully saturated rings. The number of alkyl halides is 1. The van der Waals surface area contributed by atoms with Crippen LogP contribution >= 0.6 is 15.9 Å². The standard InChI is InChI=1S/C15H18BrNO2/c16-13(11-7-3-1-4-8-11)15(19)17-14(18)12-9-5-2-6-10-12/h2,5-6,9-11,13H,1,3-4,7-8H2,(H,17,18,19). The van der Waals surface area contributed by atoms with Gasteiger partial charge in [0.15, 0.2) is 0 Å². The molecule has 0 radical (unpaired) electrons. The molecule has 0 aromatic heterocycles. The van der Waals surface area contributed by atoms with Gasteiger partial charge in [-0.25, -0.2) is 0 Å². The highest BCUT2D eigenvalue weighted by atomic mass is 79.9. The Hall–Kier alpha value is -1.16. The minimum atomic E-state index is -0.328. The topological polar surface area (TPSA) is 46.2 Å². The number of nitrogens with one attached hydrogen (secondary N) is 1. The lowest BCUT2D eigenvalue weighted by atomic mass is 9.86. The summed E-state index contributed by atoms with van der Waals surface area (Å²) < 4.78 is 0. The van der Waals surface area contributed by atoms with Crippen LogP contribution in [-0.4, -0.2) is 16.6 Å². The van der Waals surface area contributed by atoms with Crippen LogP contribution in [0.2, 0.25) is 0 Å². The fourth-order valence-electron chi connectivity index (χ4n) is 2.48. The average Bonchev–Trinajstić information content (AvgIpc) is 2.48. The van der Waals surface area contributed by atoms with Crippen LogP contribution in [0.25, 0.3) is 0 Å². The SMILES string of the molecule is O=C(NC(=O)C(Br)C1CCCCC1)c1ccccc1. The predicted molar refractivity (Wildman–Crippen MR) is 78.2 cm³/mol. The van der Waals surface area contributed by atoms with Crippen LogP contribution in [0.1, 0.15) is 42.5 Å². The molecule has 1 aliphatic carbocycles. The number of halogens is 1. The second kappa shape index (κ2) is 6.85. The fraction of sp³-hybridized carbons (Fsp3) is 0.467. The van der Waals surface area contributed by atoms with Gasteiger partial charge in [-0.05, 0) is 30.9 Å². The quantitative estimate of drug-likeness (QED) is 0.867. The molecule has 3 nitrogen and oxygen atoms in total. The molecular weight excluding hydrogens is 306 g/mol. The molecule has 1 atom stereocenters. The van der Waals surface area contributed by atoms with E-state index in [-0.39, 0.29) is 16.6 Å². The molecule has 1 unspecified atom stereocenters. The third-order valence-corrected chi connectivity index (χ3v) is 4.75. The maximum atomic E-state index is 12.0. The molecule has 1 N–H and O–H groups in total. The van der Waals surface area contributed by atoms with Gasteiger partial charge in [0.25, 0.3) is 5.91 Å². The number of imide groups is 1. The number of hydrogen-bond acceptors (Lipinski definition) is 2. The van der Waals surface area contributed by atoms with E-state index in [0.717, 1.165) is 12.8 Å². The number of benzene rings is 1. The summed E-state index contributed by atoms with van der Waals surface area (Å²) >= 11 is 3.44. The van der Waals surface area contributed by atoms with E-state index in [0.29, 0.717) is 11.5 Å². The van der Waals surface area contributed by atoms with E-state index >= 15 is 0 Å². The van der Waals surface area contributed by atoms with E-state index in [4.69, 9.17) is 0 Å². The summed E-state index contributed by atoms with van der Waals surface area (Å²) in [7, 11) is 0. The highest BCUT2D eigenvalue weighted by Gasteiger charge is 2.28. The Kier molecular flexibility index (Phi) is 5.14. The first-order valence-electron chi connectivity index (χ1n) is 6.73. The first-order valence-corrected chi connectivity index (χ1v) is 7.64. The first-order chi connectivity index (χ1) is 9.18. The van der Waals surface area contributed by atoms with Crippen LogP contribution in [-0.2, 0) is 4.79 Å². The van der Waals surface area contributed by atoms with Gasteiger partial charge < -0.3 is 0 Å². The molecule has 1 aromatic carbocycles. The molecule has 0 aliphatic heterocycles. The van der Waals surface area contributed by atoms with Crippen molar-refractivity contribution in [2.24, 2.45) is 5.92 Å². The number of carbonyl (C=O) groups is 2. The van der Waals surface area contributed by atoms with E-state index < -0.39 is 0 Å². The summed E-state index contributed by atoms with van der Waals surface area (Å²) in [6.45, 7) is 0. The minimum Gasteiger partial charge on any atom is -0.291 e. The summed E-state index contributed by atoms with van der Waals surface area (Å²) in [6.07, 6.45) is 5.71. The zero-order chi connectivity index (χ0) is 13.7. The lowest BCUT2D eigenvalue weighted by molar-refractivity contribution is -0.120. The van der Waals surface area contributed by atoms with Crippen molar-refractivity contribution in [2.45, 2.75) is 36.9 Å². The highest BCUT2D eigenvalue weighted by molar-refractivity contribution is 9.10. The minimum absolute atomic E-state index is 0.222. The molecule has 2 rings (SSSR count). The van der Waals surface area contributed by atoms with Gasteiger partial charge in [0.05, 0.1) is 4.83 Å². The maximum absolute atomic E-state index is 12.0. The van der Waals surface area contributed by atoms with Gasteiger partial charge in [0.1, 0.15) is 0 Å². The van der Waals surface area contributed by atoms with E-state index in [9.17, 15) is 9.59 Å². The van der Waals surface area contributed by atoms with Crippen LogP contribution in [0.4, 0.5) is 0 Å². The first kappa shape index (κ1) is 14.3. The van der Waals surface area contributed by atoms with Gasteiger partial charge in [0, 0.05) is 5.56 Å². The number of carbonyl (C=O) groups excluding carboxylic acids is 2. The van der Waals surface area contributed by atoms with Gasteiger partial charge in [-0.15, -0.1) is 0 Å². The monoisotopic (exact) mass is 323 g/mol. The van der Waals surface area contributed by atoms with Crippen LogP contribution in [0.15, 0.2) is 30.3 Å². The fourth-order valence-corrected chi connectivity index (χ4v) is 3.13. The van der Waals surface area contributed by atoms with Crippen LogP contribution in [0.3, 0.4) is 0 Å². The molecule has 2 amide bonds. The highest BCUT2D eigenvalue weighted by Crippen LogP contribution is 2.30. The Labute approximate surface area is 121 Å². The molecule has 102 valence electrons. The molecule has 0 spiro atoms.